The average Bonchev–Trinajstić information content (AvgIpc) is 1.98. The van der Waals surface area contributed by atoms with Gasteiger partial charge < -0.3 is 0 Å². The van der Waals surface area contributed by atoms with E-state index in [4.69, 9.17) is 0 Å². The molecule has 0 radical (unpaired) electrons. The second-order valence-corrected chi connectivity index (χ2v) is 2.38. The molecule has 0 unspecified atom stereocenters. The molecule has 0 aromatic rings. The van der Waals surface area contributed by atoms with Crippen molar-refractivity contribution < 1.29 is 4.58 Å². The second-order valence-electron chi connectivity index (χ2n) is 1.77. The second kappa shape index (κ2) is 6.27. The molecule has 0 saturated heterocycles. The molecule has 0 amide bonds. The van der Waals surface area contributed by atoms with Crippen molar-refractivity contribution in [3.63, 3.8) is 0 Å². The summed E-state index contributed by atoms with van der Waals surface area (Å²) in [6.45, 7) is 4.35. The van der Waals surface area contributed by atoms with Gasteiger partial charge in [-0.25, -0.2) is 0 Å². The van der Waals surface area contributed by atoms with Crippen LogP contribution in [-0.4, -0.2) is 35.3 Å². The van der Waals surface area contributed by atoms with Crippen molar-refractivity contribution in [3.05, 3.63) is 18.7 Å². The van der Waals surface area contributed by atoms with Gasteiger partial charge in [0, 0.05) is 6.58 Å². The van der Waals surface area contributed by atoms with Crippen LogP contribution in [0.5, 0.6) is 0 Å². The van der Waals surface area contributed by atoms with E-state index >= 15 is 0 Å². The molecular formula is C8H12NS+. The van der Waals surface area contributed by atoms with Gasteiger partial charge in [0.05, 0.1) is 0 Å². The summed E-state index contributed by atoms with van der Waals surface area (Å²) in [5.41, 5.74) is 0. The molecule has 0 heterocycles. The van der Waals surface area contributed by atoms with Crippen molar-refractivity contribution in [3.8, 4) is 0 Å². The number of allylic oxidation sites excluding steroid dienone is 1. The molecule has 0 N–H and O–H groups in total. The van der Waals surface area contributed by atoms with E-state index in [0.717, 1.165) is 6.54 Å². The number of nitrogens with zero attached hydrogens (tertiary/aromatic N) is 1. The molecule has 54 valence electrons. The Bertz CT molecular complexity index is 215. The molecular weight excluding hydrogens is 142 g/mol. The lowest BCUT2D eigenvalue weighted by atomic mass is 10.5. The van der Waals surface area contributed by atoms with Crippen molar-refractivity contribution in [1.29, 1.82) is 0 Å². The van der Waals surface area contributed by atoms with Crippen molar-refractivity contribution in [2.75, 3.05) is 13.6 Å². The summed E-state index contributed by atoms with van der Waals surface area (Å²) in [5, 5.41) is 1.93. The quantitative estimate of drug-likeness (QED) is 0.247. The van der Waals surface area contributed by atoms with Crippen molar-refractivity contribution in [1.82, 2.24) is 0 Å². The summed E-state index contributed by atoms with van der Waals surface area (Å²) in [6, 6.07) is 0. The Labute approximate surface area is 65.6 Å². The highest BCUT2D eigenvalue weighted by atomic mass is 32.1. The molecule has 0 atom stereocenters. The largest absolute Gasteiger partial charge is 0.188 e. The standard InChI is InChI=1S/C8H12NS/c1-4-9(2)7-5-6-8-10-3/h5-6,8H,1,3,7H2,2H3/q+1/b6-5-. The number of hydrogen-bond acceptors (Lipinski definition) is 0. The van der Waals surface area contributed by atoms with Crippen LogP contribution in [0.1, 0.15) is 0 Å². The van der Waals surface area contributed by atoms with E-state index in [0.29, 0.717) is 0 Å². The Morgan fingerprint density at radius 1 is 1.70 bits per heavy atom. The zero-order valence-corrected chi connectivity index (χ0v) is 7.03. The zero-order valence-electron chi connectivity index (χ0n) is 6.21. The lowest BCUT2D eigenvalue weighted by Crippen LogP contribution is -2.01. The van der Waals surface area contributed by atoms with Crippen LogP contribution in [0, 0.1) is 0 Å². The lowest BCUT2D eigenvalue weighted by Gasteiger charge is -1.81. The smallest absolute Gasteiger partial charge is 0.170 e. The molecule has 0 aromatic heterocycles. The SMILES string of the molecule is C=C=[N+](C)C/C=C\C=S=C. The molecule has 0 aliphatic heterocycles. The lowest BCUT2D eigenvalue weighted by molar-refractivity contribution is -0.478. The molecule has 10 heavy (non-hydrogen) atoms. The summed E-state index contributed by atoms with van der Waals surface area (Å²) in [7, 11) is 3.37. The van der Waals surface area contributed by atoms with Gasteiger partial charge in [-0.15, -0.1) is 0 Å². The molecule has 0 bridgehead atoms. The topological polar surface area (TPSA) is 3.01 Å². The van der Waals surface area contributed by atoms with Crippen LogP contribution in [-0.2, 0) is 0 Å². The third-order valence-electron chi connectivity index (χ3n) is 0.960. The Morgan fingerprint density at radius 3 is 2.90 bits per heavy atom. The maximum atomic E-state index is 3.59. The Morgan fingerprint density at radius 2 is 2.40 bits per heavy atom. The highest BCUT2D eigenvalue weighted by Gasteiger charge is 1.82. The number of likely N-dealkylation sites (N-methyl/N-ethyl adjacent to an activating group) is 1. The van der Waals surface area contributed by atoms with Gasteiger partial charge in [0.15, 0.2) is 12.4 Å². The fourth-order valence-corrected chi connectivity index (χ4v) is 0.617. The van der Waals surface area contributed by atoms with Crippen molar-refractivity contribution in [2.24, 2.45) is 0 Å². The highest BCUT2D eigenvalue weighted by Crippen LogP contribution is 1.71. The van der Waals surface area contributed by atoms with E-state index in [9.17, 15) is 0 Å². The van der Waals surface area contributed by atoms with E-state index in [-0.39, 0.29) is 0 Å². The van der Waals surface area contributed by atoms with Crippen LogP contribution in [0.4, 0.5) is 0 Å². The van der Waals surface area contributed by atoms with Gasteiger partial charge in [-0.2, -0.15) is 15.5 Å². The molecule has 0 rings (SSSR count). The van der Waals surface area contributed by atoms with Gasteiger partial charge in [0.2, 0.25) is 0 Å². The van der Waals surface area contributed by atoms with E-state index in [1.165, 1.54) is 10.9 Å². The summed E-state index contributed by atoms with van der Waals surface area (Å²) in [6.07, 6.45) is 3.99. The Hall–Kier alpha value is -0.850. The van der Waals surface area contributed by atoms with Crippen LogP contribution < -0.4 is 0 Å². The van der Waals surface area contributed by atoms with Gasteiger partial charge in [-0.05, 0) is 17.3 Å². The highest BCUT2D eigenvalue weighted by molar-refractivity contribution is 7.95. The van der Waals surface area contributed by atoms with Gasteiger partial charge in [0.25, 0.3) is 0 Å². The first kappa shape index (κ1) is 9.15. The van der Waals surface area contributed by atoms with Crippen LogP contribution in [0.3, 0.4) is 0 Å². The van der Waals surface area contributed by atoms with Crippen LogP contribution >= 0.6 is 10.9 Å². The maximum absolute atomic E-state index is 3.59. The molecule has 0 aliphatic rings. The third kappa shape index (κ3) is 5.29. The average molecular weight is 154 g/mol. The Kier molecular flexibility index (Phi) is 5.74. The van der Waals surface area contributed by atoms with Gasteiger partial charge in [-0.1, -0.05) is 6.08 Å². The zero-order chi connectivity index (χ0) is 7.82. The van der Waals surface area contributed by atoms with Crippen LogP contribution in [0.25, 0.3) is 0 Å². The molecule has 0 saturated carbocycles. The number of rotatable bonds is 3. The monoisotopic (exact) mass is 154 g/mol. The minimum absolute atomic E-state index is 0.848. The van der Waals surface area contributed by atoms with E-state index in [1.54, 1.807) is 0 Å². The third-order valence-corrected chi connectivity index (χ3v) is 1.31. The molecule has 0 aliphatic carbocycles. The predicted octanol–water partition coefficient (Wildman–Crippen LogP) is 1.01. The summed E-state index contributed by atoms with van der Waals surface area (Å²) in [4.78, 5) is 0. The first-order valence-electron chi connectivity index (χ1n) is 2.94. The molecule has 0 fully saturated rings. The molecule has 0 aromatic carbocycles. The molecule has 1 nitrogen and oxygen atoms in total. The normalized spacial score (nSPS) is 8.90. The summed E-state index contributed by atoms with van der Waals surface area (Å²) >= 11 is 0. The maximum Gasteiger partial charge on any atom is 0.170 e. The van der Waals surface area contributed by atoms with Crippen molar-refractivity contribution >= 4 is 28.0 Å². The van der Waals surface area contributed by atoms with Gasteiger partial charge in [-0.3, -0.25) is 0 Å². The van der Waals surface area contributed by atoms with Gasteiger partial charge >= 0.3 is 0 Å². The first-order valence-corrected chi connectivity index (χ1v) is 3.99. The minimum atomic E-state index is 0.848. The van der Waals surface area contributed by atoms with E-state index in [1.807, 2.05) is 29.1 Å². The van der Waals surface area contributed by atoms with E-state index in [2.05, 4.69) is 18.3 Å². The van der Waals surface area contributed by atoms with Crippen molar-refractivity contribution in [2.45, 2.75) is 0 Å². The first-order chi connectivity index (χ1) is 4.81. The fraction of sp³-hybridized carbons (Fsp3) is 0.250. The number of hydrogen-bond donors (Lipinski definition) is 0. The summed E-state index contributed by atoms with van der Waals surface area (Å²) < 4.78 is 1.87. The molecule has 2 heteroatoms. The van der Waals surface area contributed by atoms with E-state index < -0.39 is 0 Å². The Balaban J connectivity index is 3.74. The van der Waals surface area contributed by atoms with Crippen LogP contribution in [0.2, 0.25) is 0 Å². The molecule has 0 spiro atoms. The summed E-state index contributed by atoms with van der Waals surface area (Å²) in [5.74, 6) is 6.33. The van der Waals surface area contributed by atoms with Gasteiger partial charge in [0.1, 0.15) is 7.05 Å². The fourth-order valence-electron chi connectivity index (χ4n) is 0.395. The predicted molar refractivity (Wildman–Crippen MR) is 51.6 cm³/mol. The minimum Gasteiger partial charge on any atom is -0.188 e. The van der Waals surface area contributed by atoms with Crippen LogP contribution in [0.15, 0.2) is 18.7 Å².